The van der Waals surface area contributed by atoms with Crippen molar-refractivity contribution in [2.75, 3.05) is 6.54 Å². The fourth-order valence-electron chi connectivity index (χ4n) is 4.12. The zero-order valence-electron chi connectivity index (χ0n) is 18.1. The number of aromatic nitrogens is 1. The number of nitrogens with one attached hydrogen (secondary N) is 1. The summed E-state index contributed by atoms with van der Waals surface area (Å²) in [5, 5.41) is 3.33. The van der Waals surface area contributed by atoms with Crippen molar-refractivity contribution < 1.29 is 18.8 Å². The number of hydrogen-bond donors (Lipinski definition) is 1. The van der Waals surface area contributed by atoms with Crippen molar-refractivity contribution in [1.29, 1.82) is 0 Å². The summed E-state index contributed by atoms with van der Waals surface area (Å²) >= 11 is 5.95. The molecule has 0 bridgehead atoms. The summed E-state index contributed by atoms with van der Waals surface area (Å²) in [4.78, 5) is 39.5. The Balaban J connectivity index is 1.49. The van der Waals surface area contributed by atoms with E-state index in [1.54, 1.807) is 19.1 Å². The Morgan fingerprint density at radius 1 is 1.16 bits per heavy atom. The highest BCUT2D eigenvalue weighted by atomic mass is 35.5. The van der Waals surface area contributed by atoms with Crippen LogP contribution in [0.25, 0.3) is 0 Å². The molecule has 0 radical (unpaired) electrons. The molecular weight excluding hydrogens is 430 g/mol. The van der Waals surface area contributed by atoms with E-state index in [9.17, 15) is 14.4 Å². The van der Waals surface area contributed by atoms with E-state index in [0.717, 1.165) is 28.3 Å². The van der Waals surface area contributed by atoms with Gasteiger partial charge in [0.25, 0.3) is 5.91 Å². The second-order valence-electron chi connectivity index (χ2n) is 8.16. The number of urea groups is 1. The van der Waals surface area contributed by atoms with E-state index in [1.807, 2.05) is 44.2 Å². The molecule has 2 aromatic heterocycles. The monoisotopic (exact) mass is 453 g/mol. The second kappa shape index (κ2) is 8.31. The van der Waals surface area contributed by atoms with Crippen LogP contribution in [0, 0.1) is 13.8 Å². The quantitative estimate of drug-likeness (QED) is 0.428. The van der Waals surface area contributed by atoms with Gasteiger partial charge in [-0.25, -0.2) is 4.79 Å². The number of carbonyl (C=O) groups excluding carboxylic acids is 3. The number of benzene rings is 1. The third kappa shape index (κ3) is 3.84. The Kier molecular flexibility index (Phi) is 5.69. The Hall–Kier alpha value is -3.32. The van der Waals surface area contributed by atoms with Gasteiger partial charge in [-0.1, -0.05) is 23.7 Å². The number of amides is 3. The minimum Gasteiger partial charge on any atom is -0.466 e. The molecule has 0 aliphatic carbocycles. The second-order valence-corrected chi connectivity index (χ2v) is 8.60. The minimum atomic E-state index is -1.32. The molecule has 8 heteroatoms. The average Bonchev–Trinajstić information content (AvgIpc) is 3.44. The van der Waals surface area contributed by atoms with Crippen molar-refractivity contribution in [2.45, 2.75) is 39.3 Å². The minimum absolute atomic E-state index is 0.289. The van der Waals surface area contributed by atoms with Crippen LogP contribution in [0.1, 0.15) is 40.0 Å². The van der Waals surface area contributed by atoms with Gasteiger partial charge in [0, 0.05) is 28.5 Å². The Labute approximate surface area is 191 Å². The zero-order valence-corrected chi connectivity index (χ0v) is 18.9. The number of halogens is 1. The highest BCUT2D eigenvalue weighted by Crippen LogP contribution is 2.29. The molecule has 1 unspecified atom stereocenters. The van der Waals surface area contributed by atoms with Crippen molar-refractivity contribution in [3.05, 3.63) is 82.0 Å². The van der Waals surface area contributed by atoms with E-state index in [2.05, 4.69) is 9.88 Å². The van der Waals surface area contributed by atoms with Crippen molar-refractivity contribution in [3.63, 3.8) is 0 Å². The number of Topliss-reactive ketones (excluding diaryl/α,β-unsaturated/α-hetero) is 1. The first-order valence-electron chi connectivity index (χ1n) is 10.3. The molecule has 0 saturated carbocycles. The lowest BCUT2D eigenvalue weighted by molar-refractivity contribution is -0.131. The average molecular weight is 454 g/mol. The Bertz CT molecular complexity index is 1180. The molecule has 3 heterocycles. The van der Waals surface area contributed by atoms with Crippen LogP contribution in [0.2, 0.25) is 5.02 Å². The summed E-state index contributed by atoms with van der Waals surface area (Å²) in [7, 11) is 0. The summed E-state index contributed by atoms with van der Waals surface area (Å²) in [5.74, 6) is -0.475. The van der Waals surface area contributed by atoms with Gasteiger partial charge >= 0.3 is 6.03 Å². The van der Waals surface area contributed by atoms with Crippen LogP contribution in [0.15, 0.2) is 53.1 Å². The molecule has 1 atom stereocenters. The summed E-state index contributed by atoms with van der Waals surface area (Å²) in [6.45, 7) is 5.75. The summed E-state index contributed by atoms with van der Waals surface area (Å²) in [6.07, 6.45) is 2.22. The van der Waals surface area contributed by atoms with Crippen LogP contribution in [0.4, 0.5) is 4.79 Å². The molecule has 1 fully saturated rings. The van der Waals surface area contributed by atoms with Gasteiger partial charge in [-0.2, -0.15) is 0 Å². The van der Waals surface area contributed by atoms with Gasteiger partial charge < -0.3 is 14.3 Å². The number of rotatable bonds is 7. The molecule has 4 rings (SSSR count). The van der Waals surface area contributed by atoms with Gasteiger partial charge in [0.1, 0.15) is 5.76 Å². The van der Waals surface area contributed by atoms with Crippen molar-refractivity contribution in [1.82, 2.24) is 14.8 Å². The first-order valence-corrected chi connectivity index (χ1v) is 10.7. The molecule has 32 heavy (non-hydrogen) atoms. The molecule has 1 saturated heterocycles. The Morgan fingerprint density at radius 2 is 1.88 bits per heavy atom. The standard InChI is InChI=1S/C24H24ClN3O4/c1-15-13-19(16(2)27(15)11-10-17-6-8-18(25)9-7-17)20(29)14-28-22(30)24(3,26-23(28)31)21-5-4-12-32-21/h4-9,12-13H,10-11,14H2,1-3H3,(H,26,31). The third-order valence-corrected chi connectivity index (χ3v) is 6.25. The lowest BCUT2D eigenvalue weighted by Gasteiger charge is -2.18. The number of nitrogens with zero attached hydrogens (tertiary/aromatic N) is 2. The van der Waals surface area contributed by atoms with E-state index in [-0.39, 0.29) is 12.3 Å². The van der Waals surface area contributed by atoms with Crippen LogP contribution in [-0.4, -0.2) is 33.7 Å². The first kappa shape index (κ1) is 21.9. The van der Waals surface area contributed by atoms with Crippen molar-refractivity contribution in [3.8, 4) is 0 Å². The van der Waals surface area contributed by atoms with E-state index in [1.165, 1.54) is 6.26 Å². The molecule has 1 aliphatic rings. The third-order valence-electron chi connectivity index (χ3n) is 6.00. The number of ketones is 1. The normalized spacial score (nSPS) is 18.3. The van der Waals surface area contributed by atoms with E-state index in [0.29, 0.717) is 22.9 Å². The fraction of sp³-hybridized carbons (Fsp3) is 0.292. The van der Waals surface area contributed by atoms with Crippen LogP contribution < -0.4 is 5.32 Å². The maximum Gasteiger partial charge on any atom is 0.325 e. The molecule has 7 nitrogen and oxygen atoms in total. The fourth-order valence-corrected chi connectivity index (χ4v) is 4.24. The number of imide groups is 1. The lowest BCUT2D eigenvalue weighted by atomic mass is 9.99. The van der Waals surface area contributed by atoms with E-state index < -0.39 is 17.5 Å². The number of aryl methyl sites for hydroxylation is 2. The molecule has 166 valence electrons. The van der Waals surface area contributed by atoms with Crippen LogP contribution >= 0.6 is 11.6 Å². The number of hydrogen-bond acceptors (Lipinski definition) is 4. The van der Waals surface area contributed by atoms with Crippen molar-refractivity contribution in [2.24, 2.45) is 0 Å². The maximum absolute atomic E-state index is 13.1. The molecule has 1 N–H and O–H groups in total. The highest BCUT2D eigenvalue weighted by Gasteiger charge is 2.51. The maximum atomic E-state index is 13.1. The first-order chi connectivity index (χ1) is 15.2. The molecule has 0 spiro atoms. The van der Waals surface area contributed by atoms with Crippen LogP contribution in [0.5, 0.6) is 0 Å². The highest BCUT2D eigenvalue weighted by molar-refractivity contribution is 6.30. The van der Waals surface area contributed by atoms with Gasteiger partial charge in [-0.3, -0.25) is 14.5 Å². The number of carbonyl (C=O) groups is 3. The molecular formula is C24H24ClN3O4. The molecule has 1 aromatic carbocycles. The largest absolute Gasteiger partial charge is 0.466 e. The number of furan rings is 1. The van der Waals surface area contributed by atoms with Crippen LogP contribution in [0.3, 0.4) is 0 Å². The van der Waals surface area contributed by atoms with Crippen molar-refractivity contribution >= 4 is 29.3 Å². The zero-order chi connectivity index (χ0) is 23.0. The smallest absolute Gasteiger partial charge is 0.325 e. The Morgan fingerprint density at radius 3 is 2.53 bits per heavy atom. The SMILES string of the molecule is Cc1cc(C(=O)CN2C(=O)NC(C)(c3ccco3)C2=O)c(C)n1CCc1ccc(Cl)cc1. The molecule has 3 amide bonds. The van der Waals surface area contributed by atoms with Gasteiger partial charge in [0.2, 0.25) is 0 Å². The topological polar surface area (TPSA) is 84.6 Å². The van der Waals surface area contributed by atoms with E-state index >= 15 is 0 Å². The van der Waals surface area contributed by atoms with E-state index in [4.69, 9.17) is 16.0 Å². The summed E-state index contributed by atoms with van der Waals surface area (Å²) in [5.41, 5.74) is 2.08. The predicted molar refractivity (Wildman–Crippen MR) is 120 cm³/mol. The van der Waals surface area contributed by atoms with Crippen LogP contribution in [-0.2, 0) is 23.3 Å². The lowest BCUT2D eigenvalue weighted by Crippen LogP contribution is -2.41. The molecule has 3 aromatic rings. The summed E-state index contributed by atoms with van der Waals surface area (Å²) < 4.78 is 7.40. The molecule has 1 aliphatic heterocycles. The predicted octanol–water partition coefficient (Wildman–Crippen LogP) is 4.24. The van der Waals surface area contributed by atoms with Gasteiger partial charge in [-0.15, -0.1) is 0 Å². The van der Waals surface area contributed by atoms with Gasteiger partial charge in [-0.05, 0) is 63.1 Å². The van der Waals surface area contributed by atoms with Gasteiger partial charge in [0.05, 0.1) is 12.8 Å². The van der Waals surface area contributed by atoms with Gasteiger partial charge in [0.15, 0.2) is 11.3 Å². The summed E-state index contributed by atoms with van der Waals surface area (Å²) in [6, 6.07) is 12.1.